The van der Waals surface area contributed by atoms with Gasteiger partial charge in [0.05, 0.1) is 23.2 Å². The highest BCUT2D eigenvalue weighted by molar-refractivity contribution is 7.17. The summed E-state index contributed by atoms with van der Waals surface area (Å²) >= 11 is 1.39. The van der Waals surface area contributed by atoms with E-state index in [1.165, 1.54) is 15.9 Å². The minimum Gasteiger partial charge on any atom is -0.388 e. The molecule has 0 saturated carbocycles. The van der Waals surface area contributed by atoms with Crippen molar-refractivity contribution in [3.8, 4) is 10.6 Å². The van der Waals surface area contributed by atoms with E-state index in [1.807, 2.05) is 72.2 Å². The second kappa shape index (κ2) is 13.5. The Bertz CT molecular complexity index is 2150. The number of aliphatic hydroxyl groups is 1. The second-order valence-electron chi connectivity index (χ2n) is 14.5. The van der Waals surface area contributed by atoms with Crippen LogP contribution in [0.4, 0.5) is 0 Å². The molecule has 3 aliphatic rings. The molecule has 4 aromatic heterocycles. The average molecular weight is 706 g/mol. The van der Waals surface area contributed by atoms with Crippen LogP contribution in [0.1, 0.15) is 70.3 Å². The Labute approximate surface area is 300 Å². The number of thiazole rings is 1. The van der Waals surface area contributed by atoms with Crippen molar-refractivity contribution in [3.63, 3.8) is 0 Å². The molecular weight excluding hydrogens is 663 g/mol. The standard InChI is InChI=1S/C39H43N7O4S/c1-25-11-12-28(21-40-25)35-42-26(2)33(51-35)38(49)44-17-13-30(32(22-44)27-8-4-3-5-9-27)36(47)43-18-14-39(50,15-19-43)23-45-24-41-34-31(37(45)48)20-29-10-6-7-16-46(29)34/h3-5,8-9,11-12,20-21,24,30,32,50H,6-7,10,13-19,22-23H2,1-2H3/t30-,32+/m1/s1. The van der Waals surface area contributed by atoms with Crippen molar-refractivity contribution < 1.29 is 14.7 Å². The Hall–Kier alpha value is -4.68. The highest BCUT2D eigenvalue weighted by atomic mass is 32.1. The van der Waals surface area contributed by atoms with E-state index in [-0.39, 0.29) is 35.8 Å². The van der Waals surface area contributed by atoms with E-state index >= 15 is 0 Å². The van der Waals surface area contributed by atoms with Gasteiger partial charge in [0.1, 0.15) is 21.9 Å². The summed E-state index contributed by atoms with van der Waals surface area (Å²) in [5, 5.41) is 13.0. The number of amides is 2. The highest BCUT2D eigenvalue weighted by Crippen LogP contribution is 2.37. The molecule has 8 rings (SSSR count). The van der Waals surface area contributed by atoms with Crippen LogP contribution in [0.3, 0.4) is 0 Å². The summed E-state index contributed by atoms with van der Waals surface area (Å²) in [4.78, 5) is 59.8. The number of hydrogen-bond acceptors (Lipinski definition) is 8. The number of benzene rings is 1. The van der Waals surface area contributed by atoms with Gasteiger partial charge in [-0.2, -0.15) is 0 Å². The molecule has 3 aliphatic heterocycles. The monoisotopic (exact) mass is 705 g/mol. The van der Waals surface area contributed by atoms with Crippen LogP contribution in [-0.4, -0.2) is 82.6 Å². The molecule has 11 nitrogen and oxygen atoms in total. The van der Waals surface area contributed by atoms with Crippen LogP contribution in [0.15, 0.2) is 65.8 Å². The third-order valence-electron chi connectivity index (χ3n) is 11.1. The first-order chi connectivity index (χ1) is 24.7. The number of likely N-dealkylation sites (tertiary alicyclic amines) is 2. The largest absolute Gasteiger partial charge is 0.388 e. The van der Waals surface area contributed by atoms with Crippen LogP contribution >= 0.6 is 11.3 Å². The van der Waals surface area contributed by atoms with Gasteiger partial charge in [-0.15, -0.1) is 11.3 Å². The van der Waals surface area contributed by atoms with Gasteiger partial charge in [0.2, 0.25) is 5.91 Å². The van der Waals surface area contributed by atoms with Crippen LogP contribution in [0.25, 0.3) is 21.6 Å². The average Bonchev–Trinajstić information content (AvgIpc) is 3.74. The number of carbonyl (C=O) groups excluding carboxylic acids is 2. The van der Waals surface area contributed by atoms with Gasteiger partial charge < -0.3 is 19.5 Å². The van der Waals surface area contributed by atoms with Crippen LogP contribution in [-0.2, 0) is 24.3 Å². The molecule has 0 aliphatic carbocycles. The molecule has 0 radical (unpaired) electrons. The van der Waals surface area contributed by atoms with E-state index in [9.17, 15) is 19.5 Å². The summed E-state index contributed by atoms with van der Waals surface area (Å²) in [6.07, 6.45) is 7.78. The van der Waals surface area contributed by atoms with E-state index < -0.39 is 5.60 Å². The normalized spacial score (nSPS) is 20.4. The van der Waals surface area contributed by atoms with E-state index in [1.54, 1.807) is 12.5 Å². The summed E-state index contributed by atoms with van der Waals surface area (Å²) in [6.45, 7) is 6.53. The van der Waals surface area contributed by atoms with Gasteiger partial charge in [-0.05, 0) is 76.1 Å². The Morgan fingerprint density at radius 2 is 1.78 bits per heavy atom. The minimum atomic E-state index is -1.12. The highest BCUT2D eigenvalue weighted by Gasteiger charge is 2.42. The first-order valence-corrected chi connectivity index (χ1v) is 18.8. The number of rotatable bonds is 6. The summed E-state index contributed by atoms with van der Waals surface area (Å²) < 4.78 is 3.68. The molecule has 2 saturated heterocycles. The molecule has 51 heavy (non-hydrogen) atoms. The predicted octanol–water partition coefficient (Wildman–Crippen LogP) is 4.97. The van der Waals surface area contributed by atoms with Gasteiger partial charge in [0.15, 0.2) is 0 Å². The van der Waals surface area contributed by atoms with Gasteiger partial charge in [-0.3, -0.25) is 23.9 Å². The number of hydrogen-bond donors (Lipinski definition) is 1. The number of aryl methyl sites for hydroxylation is 4. The Morgan fingerprint density at radius 1 is 0.980 bits per heavy atom. The van der Waals surface area contributed by atoms with Crippen molar-refractivity contribution in [1.29, 1.82) is 0 Å². The fraction of sp³-hybridized carbons (Fsp3) is 0.436. The number of piperidine rings is 2. The zero-order valence-corrected chi connectivity index (χ0v) is 29.9. The van der Waals surface area contributed by atoms with E-state index in [0.717, 1.165) is 59.0 Å². The fourth-order valence-electron chi connectivity index (χ4n) is 8.14. The number of aromatic nitrogens is 5. The quantitative estimate of drug-likeness (QED) is 0.265. The van der Waals surface area contributed by atoms with Crippen molar-refractivity contribution in [2.45, 2.75) is 77.0 Å². The van der Waals surface area contributed by atoms with Crippen molar-refractivity contribution in [2.75, 3.05) is 26.2 Å². The molecule has 2 fully saturated rings. The molecule has 2 amide bonds. The molecule has 264 valence electrons. The van der Waals surface area contributed by atoms with Crippen molar-refractivity contribution in [3.05, 3.63) is 98.9 Å². The molecule has 0 unspecified atom stereocenters. The maximum absolute atomic E-state index is 14.2. The Balaban J connectivity index is 0.959. The zero-order valence-electron chi connectivity index (χ0n) is 29.1. The lowest BCUT2D eigenvalue weighted by Crippen LogP contribution is -2.53. The molecule has 12 heteroatoms. The van der Waals surface area contributed by atoms with Gasteiger partial charge in [-0.25, -0.2) is 9.97 Å². The van der Waals surface area contributed by atoms with Gasteiger partial charge >= 0.3 is 0 Å². The summed E-state index contributed by atoms with van der Waals surface area (Å²) in [5.74, 6) is -0.472. The number of nitrogens with zero attached hydrogens (tertiary/aromatic N) is 7. The van der Waals surface area contributed by atoms with E-state index in [0.29, 0.717) is 61.4 Å². The number of fused-ring (bicyclic) bond motifs is 3. The first kappa shape index (κ1) is 33.5. The van der Waals surface area contributed by atoms with Crippen LogP contribution in [0.2, 0.25) is 0 Å². The Kier molecular flexibility index (Phi) is 8.83. The fourth-order valence-corrected chi connectivity index (χ4v) is 9.17. The molecule has 1 N–H and O–H groups in total. The lowest BCUT2D eigenvalue weighted by Gasteiger charge is -2.43. The maximum atomic E-state index is 14.2. The molecule has 2 atom stereocenters. The molecule has 5 aromatic rings. The van der Waals surface area contributed by atoms with E-state index in [4.69, 9.17) is 4.98 Å². The zero-order chi connectivity index (χ0) is 35.3. The minimum absolute atomic E-state index is 0.0563. The first-order valence-electron chi connectivity index (χ1n) is 18.0. The molecule has 0 spiro atoms. The SMILES string of the molecule is Cc1ccc(-c2nc(C)c(C(=O)N3CC[C@@H](C(=O)N4CCC(O)(Cn5cnc6c(cc7n6CCCC7)c5=O)CC4)[C@H](c4ccccc4)C3)s2)cn1. The number of carbonyl (C=O) groups is 2. The third kappa shape index (κ3) is 6.40. The maximum Gasteiger partial charge on any atom is 0.265 e. The summed E-state index contributed by atoms with van der Waals surface area (Å²) in [5.41, 5.74) is 4.16. The predicted molar refractivity (Wildman–Crippen MR) is 196 cm³/mol. The lowest BCUT2D eigenvalue weighted by atomic mass is 9.79. The lowest BCUT2D eigenvalue weighted by molar-refractivity contribution is -0.142. The van der Waals surface area contributed by atoms with Crippen LogP contribution in [0, 0.1) is 19.8 Å². The molecular formula is C39H43N7O4S. The molecule has 0 bridgehead atoms. The smallest absolute Gasteiger partial charge is 0.265 e. The van der Waals surface area contributed by atoms with Crippen molar-refractivity contribution in [2.24, 2.45) is 5.92 Å². The van der Waals surface area contributed by atoms with Gasteiger partial charge in [0, 0.05) is 67.7 Å². The summed E-state index contributed by atoms with van der Waals surface area (Å²) in [7, 11) is 0. The summed E-state index contributed by atoms with van der Waals surface area (Å²) in [6, 6.07) is 15.9. The third-order valence-corrected chi connectivity index (χ3v) is 12.3. The van der Waals surface area contributed by atoms with Crippen LogP contribution < -0.4 is 5.56 Å². The van der Waals surface area contributed by atoms with Gasteiger partial charge in [0.25, 0.3) is 11.5 Å². The number of pyridine rings is 1. The van der Waals surface area contributed by atoms with Crippen molar-refractivity contribution >= 4 is 34.2 Å². The van der Waals surface area contributed by atoms with Crippen LogP contribution in [0.5, 0.6) is 0 Å². The Morgan fingerprint density at radius 3 is 2.55 bits per heavy atom. The second-order valence-corrected chi connectivity index (χ2v) is 15.5. The molecule has 7 heterocycles. The molecule has 1 aromatic carbocycles. The van der Waals surface area contributed by atoms with Crippen molar-refractivity contribution in [1.82, 2.24) is 33.9 Å². The topological polar surface area (TPSA) is 126 Å². The van der Waals surface area contributed by atoms with Gasteiger partial charge in [-0.1, -0.05) is 30.3 Å². The van der Waals surface area contributed by atoms with E-state index in [2.05, 4.69) is 14.5 Å².